The smallest absolute Gasteiger partial charge is 0.337 e. The van der Waals surface area contributed by atoms with Crippen molar-refractivity contribution in [3.05, 3.63) is 23.8 Å². The highest BCUT2D eigenvalue weighted by molar-refractivity contribution is 6.01. The first-order chi connectivity index (χ1) is 9.03. The highest BCUT2D eigenvalue weighted by Crippen LogP contribution is 2.23. The first kappa shape index (κ1) is 15.0. The monoisotopic (exact) mass is 266 g/mol. The largest absolute Gasteiger partial charge is 0.497 e. The SMILES string of the molecule is CCC(CN)C(=O)Nc1cc(OC)ccc1C(=O)O. The maximum Gasteiger partial charge on any atom is 0.337 e. The number of amides is 1. The minimum absolute atomic E-state index is 0.0148. The lowest BCUT2D eigenvalue weighted by atomic mass is 10.1. The number of carbonyl (C=O) groups excluding carboxylic acids is 1. The lowest BCUT2D eigenvalue weighted by molar-refractivity contribution is -0.119. The molecule has 6 heteroatoms. The van der Waals surface area contributed by atoms with Crippen LogP contribution < -0.4 is 15.8 Å². The molecule has 0 fully saturated rings. The zero-order valence-corrected chi connectivity index (χ0v) is 11.0. The summed E-state index contributed by atoms with van der Waals surface area (Å²) in [5.41, 5.74) is 5.72. The summed E-state index contributed by atoms with van der Waals surface area (Å²) in [5, 5.41) is 11.7. The molecular formula is C13H18N2O4. The van der Waals surface area contributed by atoms with Gasteiger partial charge in [-0.05, 0) is 18.6 Å². The van der Waals surface area contributed by atoms with E-state index in [1.54, 1.807) is 0 Å². The molecule has 104 valence electrons. The standard InChI is InChI=1S/C13H18N2O4/c1-3-8(7-14)12(16)15-11-6-9(19-2)4-5-10(11)13(17)18/h4-6,8H,3,7,14H2,1-2H3,(H,15,16)(H,17,18). The van der Waals surface area contributed by atoms with Crippen molar-refractivity contribution in [2.45, 2.75) is 13.3 Å². The first-order valence-corrected chi connectivity index (χ1v) is 5.95. The van der Waals surface area contributed by atoms with Gasteiger partial charge in [-0.3, -0.25) is 4.79 Å². The molecule has 19 heavy (non-hydrogen) atoms. The van der Waals surface area contributed by atoms with E-state index in [-0.39, 0.29) is 29.6 Å². The van der Waals surface area contributed by atoms with Gasteiger partial charge in [0.1, 0.15) is 5.75 Å². The number of methoxy groups -OCH3 is 1. The minimum Gasteiger partial charge on any atom is -0.497 e. The van der Waals surface area contributed by atoms with Crippen LogP contribution in [0.15, 0.2) is 18.2 Å². The van der Waals surface area contributed by atoms with E-state index in [4.69, 9.17) is 15.6 Å². The number of carbonyl (C=O) groups is 2. The van der Waals surface area contributed by atoms with E-state index < -0.39 is 5.97 Å². The number of carboxylic acid groups (broad SMARTS) is 1. The van der Waals surface area contributed by atoms with Crippen LogP contribution in [0.5, 0.6) is 5.75 Å². The summed E-state index contributed by atoms with van der Waals surface area (Å²) in [7, 11) is 1.47. The van der Waals surface area contributed by atoms with Crippen LogP contribution in [0.3, 0.4) is 0 Å². The summed E-state index contributed by atoms with van der Waals surface area (Å²) in [6.07, 6.45) is 0.592. The average molecular weight is 266 g/mol. The van der Waals surface area contributed by atoms with Gasteiger partial charge in [0.25, 0.3) is 0 Å². The fourth-order valence-electron chi connectivity index (χ4n) is 1.63. The van der Waals surface area contributed by atoms with E-state index in [1.807, 2.05) is 6.92 Å². The molecule has 1 aromatic carbocycles. The van der Waals surface area contributed by atoms with E-state index in [1.165, 1.54) is 25.3 Å². The predicted molar refractivity (Wildman–Crippen MR) is 71.4 cm³/mol. The molecule has 0 heterocycles. The van der Waals surface area contributed by atoms with Crippen LogP contribution in [0.1, 0.15) is 23.7 Å². The van der Waals surface area contributed by atoms with E-state index in [0.717, 1.165) is 0 Å². The van der Waals surface area contributed by atoms with Crippen molar-refractivity contribution in [1.82, 2.24) is 0 Å². The van der Waals surface area contributed by atoms with Crippen molar-refractivity contribution >= 4 is 17.6 Å². The highest BCUT2D eigenvalue weighted by Gasteiger charge is 2.18. The van der Waals surface area contributed by atoms with Gasteiger partial charge in [0, 0.05) is 12.6 Å². The summed E-state index contributed by atoms with van der Waals surface area (Å²) in [6, 6.07) is 4.39. The molecule has 1 aromatic rings. The molecule has 0 radical (unpaired) electrons. The van der Waals surface area contributed by atoms with Gasteiger partial charge >= 0.3 is 5.97 Å². The fraction of sp³-hybridized carbons (Fsp3) is 0.385. The van der Waals surface area contributed by atoms with Gasteiger partial charge in [0.05, 0.1) is 24.3 Å². The molecule has 4 N–H and O–H groups in total. The quantitative estimate of drug-likeness (QED) is 0.720. The van der Waals surface area contributed by atoms with Crippen LogP contribution in [0, 0.1) is 5.92 Å². The van der Waals surface area contributed by atoms with Crippen molar-refractivity contribution < 1.29 is 19.4 Å². The Morgan fingerprint density at radius 1 is 1.47 bits per heavy atom. The molecule has 0 aliphatic rings. The summed E-state index contributed by atoms with van der Waals surface area (Å²) in [5.74, 6) is -1.27. The molecular weight excluding hydrogens is 248 g/mol. The van der Waals surface area contributed by atoms with Crippen LogP contribution in [-0.4, -0.2) is 30.6 Å². The van der Waals surface area contributed by atoms with Gasteiger partial charge in [-0.2, -0.15) is 0 Å². The predicted octanol–water partition coefficient (Wildman–Crippen LogP) is 1.32. The third-order valence-corrected chi connectivity index (χ3v) is 2.86. The van der Waals surface area contributed by atoms with E-state index >= 15 is 0 Å². The summed E-state index contributed by atoms with van der Waals surface area (Å²) < 4.78 is 5.02. The maximum absolute atomic E-state index is 11.9. The van der Waals surface area contributed by atoms with Crippen LogP contribution in [0.2, 0.25) is 0 Å². The van der Waals surface area contributed by atoms with Crippen molar-refractivity contribution in [3.8, 4) is 5.75 Å². The highest BCUT2D eigenvalue weighted by atomic mass is 16.5. The Morgan fingerprint density at radius 3 is 2.63 bits per heavy atom. The lowest BCUT2D eigenvalue weighted by Crippen LogP contribution is -2.29. The van der Waals surface area contributed by atoms with Crippen molar-refractivity contribution in [3.63, 3.8) is 0 Å². The van der Waals surface area contributed by atoms with Gasteiger partial charge in [-0.1, -0.05) is 6.92 Å². The normalized spacial score (nSPS) is 11.7. The Hall–Kier alpha value is -2.08. The molecule has 0 spiro atoms. The molecule has 0 aliphatic heterocycles. The molecule has 0 aliphatic carbocycles. The molecule has 0 bridgehead atoms. The summed E-state index contributed by atoms with van der Waals surface area (Å²) >= 11 is 0. The van der Waals surface area contributed by atoms with Gasteiger partial charge in [-0.15, -0.1) is 0 Å². The Bertz CT molecular complexity index is 470. The number of carboxylic acids is 1. The second-order valence-corrected chi connectivity index (χ2v) is 4.05. The Kier molecular flexibility index (Phi) is 5.32. The number of ether oxygens (including phenoxy) is 1. The van der Waals surface area contributed by atoms with Crippen LogP contribution in [0.4, 0.5) is 5.69 Å². The third-order valence-electron chi connectivity index (χ3n) is 2.86. The Balaban J connectivity index is 3.03. The minimum atomic E-state index is -1.11. The molecule has 1 unspecified atom stereocenters. The molecule has 1 atom stereocenters. The number of benzene rings is 1. The summed E-state index contributed by atoms with van der Waals surface area (Å²) in [6.45, 7) is 2.06. The van der Waals surface area contributed by atoms with Gasteiger partial charge in [-0.25, -0.2) is 4.79 Å². The molecule has 0 aromatic heterocycles. The Labute approximate surface area is 111 Å². The van der Waals surface area contributed by atoms with Gasteiger partial charge in [0.15, 0.2) is 0 Å². The number of hydrogen-bond donors (Lipinski definition) is 3. The second-order valence-electron chi connectivity index (χ2n) is 4.05. The van der Waals surface area contributed by atoms with Crippen LogP contribution in [0.25, 0.3) is 0 Å². The first-order valence-electron chi connectivity index (χ1n) is 5.95. The maximum atomic E-state index is 11.9. The fourth-order valence-corrected chi connectivity index (χ4v) is 1.63. The van der Waals surface area contributed by atoms with E-state index in [2.05, 4.69) is 5.32 Å². The number of nitrogens with two attached hydrogens (primary N) is 1. The number of anilines is 1. The number of nitrogens with one attached hydrogen (secondary N) is 1. The average Bonchev–Trinajstić information content (AvgIpc) is 2.39. The molecule has 1 amide bonds. The van der Waals surface area contributed by atoms with Crippen molar-refractivity contribution in [2.75, 3.05) is 19.0 Å². The van der Waals surface area contributed by atoms with Crippen LogP contribution >= 0.6 is 0 Å². The Morgan fingerprint density at radius 2 is 2.16 bits per heavy atom. The molecule has 0 saturated heterocycles. The van der Waals surface area contributed by atoms with Crippen molar-refractivity contribution in [2.24, 2.45) is 11.7 Å². The van der Waals surface area contributed by atoms with Crippen LogP contribution in [-0.2, 0) is 4.79 Å². The molecule has 0 saturated carbocycles. The third kappa shape index (κ3) is 3.69. The van der Waals surface area contributed by atoms with E-state index in [9.17, 15) is 9.59 Å². The van der Waals surface area contributed by atoms with Gasteiger partial charge in [0.2, 0.25) is 5.91 Å². The molecule has 6 nitrogen and oxygen atoms in total. The van der Waals surface area contributed by atoms with Crippen molar-refractivity contribution in [1.29, 1.82) is 0 Å². The topological polar surface area (TPSA) is 102 Å². The molecule has 1 rings (SSSR count). The number of aromatic carboxylic acids is 1. The second kappa shape index (κ2) is 6.75. The zero-order chi connectivity index (χ0) is 14.4. The van der Waals surface area contributed by atoms with E-state index in [0.29, 0.717) is 12.2 Å². The number of rotatable bonds is 6. The number of hydrogen-bond acceptors (Lipinski definition) is 4. The zero-order valence-electron chi connectivity index (χ0n) is 11.0. The lowest BCUT2D eigenvalue weighted by Gasteiger charge is -2.15. The van der Waals surface area contributed by atoms with Gasteiger partial charge < -0.3 is 20.9 Å². The summed E-state index contributed by atoms with van der Waals surface area (Å²) in [4.78, 5) is 23.0.